The SMILES string of the molecule is COc1ccc(CN(C)CC(CN)OC)cc1. The Morgan fingerprint density at radius 3 is 2.35 bits per heavy atom. The van der Waals surface area contributed by atoms with E-state index >= 15 is 0 Å². The van der Waals surface area contributed by atoms with Crippen LogP contribution in [0, 0.1) is 0 Å². The molecule has 2 N–H and O–H groups in total. The van der Waals surface area contributed by atoms with Gasteiger partial charge in [-0.2, -0.15) is 0 Å². The molecule has 4 nitrogen and oxygen atoms in total. The van der Waals surface area contributed by atoms with Gasteiger partial charge in [-0.1, -0.05) is 12.1 Å². The second-order valence-corrected chi connectivity index (χ2v) is 4.14. The zero-order valence-corrected chi connectivity index (χ0v) is 10.8. The van der Waals surface area contributed by atoms with Crippen molar-refractivity contribution in [2.45, 2.75) is 12.6 Å². The smallest absolute Gasteiger partial charge is 0.118 e. The van der Waals surface area contributed by atoms with Gasteiger partial charge in [0.1, 0.15) is 5.75 Å². The summed E-state index contributed by atoms with van der Waals surface area (Å²) in [5.41, 5.74) is 6.84. The minimum Gasteiger partial charge on any atom is -0.497 e. The van der Waals surface area contributed by atoms with Crippen molar-refractivity contribution in [1.82, 2.24) is 4.90 Å². The highest BCUT2D eigenvalue weighted by Gasteiger charge is 2.08. The van der Waals surface area contributed by atoms with Gasteiger partial charge in [0.15, 0.2) is 0 Å². The molecule has 1 unspecified atom stereocenters. The zero-order valence-electron chi connectivity index (χ0n) is 10.8. The largest absolute Gasteiger partial charge is 0.497 e. The molecule has 0 aliphatic rings. The van der Waals surface area contributed by atoms with Crippen LogP contribution >= 0.6 is 0 Å². The summed E-state index contributed by atoms with van der Waals surface area (Å²) in [4.78, 5) is 2.20. The Bertz CT molecular complexity index is 310. The van der Waals surface area contributed by atoms with Crippen LogP contribution in [0.4, 0.5) is 0 Å². The molecule has 0 spiro atoms. The van der Waals surface area contributed by atoms with E-state index in [0.29, 0.717) is 6.54 Å². The number of ether oxygens (including phenoxy) is 2. The molecule has 1 aromatic carbocycles. The fourth-order valence-electron chi connectivity index (χ4n) is 1.70. The molecular formula is C13H22N2O2. The highest BCUT2D eigenvalue weighted by atomic mass is 16.5. The van der Waals surface area contributed by atoms with Crippen LogP contribution in [0.2, 0.25) is 0 Å². The molecule has 1 aromatic rings. The minimum absolute atomic E-state index is 0.0956. The van der Waals surface area contributed by atoms with Crippen LogP contribution in [0.1, 0.15) is 5.56 Å². The van der Waals surface area contributed by atoms with Crippen molar-refractivity contribution >= 4 is 0 Å². The van der Waals surface area contributed by atoms with Crippen LogP contribution in [0.3, 0.4) is 0 Å². The van der Waals surface area contributed by atoms with E-state index in [-0.39, 0.29) is 6.10 Å². The fourth-order valence-corrected chi connectivity index (χ4v) is 1.70. The lowest BCUT2D eigenvalue weighted by molar-refractivity contribution is 0.0761. The number of rotatable bonds is 7. The van der Waals surface area contributed by atoms with Crippen LogP contribution in [0.25, 0.3) is 0 Å². The molecule has 0 amide bonds. The Morgan fingerprint density at radius 1 is 1.24 bits per heavy atom. The molecule has 17 heavy (non-hydrogen) atoms. The monoisotopic (exact) mass is 238 g/mol. The van der Waals surface area contributed by atoms with Crippen LogP contribution in [0.15, 0.2) is 24.3 Å². The Kier molecular flexibility index (Phi) is 5.97. The van der Waals surface area contributed by atoms with E-state index in [4.69, 9.17) is 15.2 Å². The minimum atomic E-state index is 0.0956. The number of likely N-dealkylation sites (N-methyl/N-ethyl adjacent to an activating group) is 1. The topological polar surface area (TPSA) is 47.7 Å². The van der Waals surface area contributed by atoms with Crippen molar-refractivity contribution < 1.29 is 9.47 Å². The van der Waals surface area contributed by atoms with Crippen LogP contribution in [-0.2, 0) is 11.3 Å². The average Bonchev–Trinajstić information content (AvgIpc) is 2.37. The summed E-state index contributed by atoms with van der Waals surface area (Å²) in [6.45, 7) is 2.26. The van der Waals surface area contributed by atoms with Crippen molar-refractivity contribution in [2.75, 3.05) is 34.4 Å². The number of hydrogen-bond acceptors (Lipinski definition) is 4. The van der Waals surface area contributed by atoms with Gasteiger partial charge < -0.3 is 15.2 Å². The Labute approximate surface area is 103 Å². The molecule has 4 heteroatoms. The Balaban J connectivity index is 2.46. The van der Waals surface area contributed by atoms with Gasteiger partial charge in [-0.25, -0.2) is 0 Å². The van der Waals surface area contributed by atoms with E-state index in [1.807, 2.05) is 12.1 Å². The third-order valence-corrected chi connectivity index (χ3v) is 2.72. The van der Waals surface area contributed by atoms with Gasteiger partial charge in [-0.05, 0) is 24.7 Å². The van der Waals surface area contributed by atoms with Gasteiger partial charge in [-0.15, -0.1) is 0 Å². The molecule has 1 atom stereocenters. The Hall–Kier alpha value is -1.10. The van der Waals surface area contributed by atoms with Crippen LogP contribution < -0.4 is 10.5 Å². The maximum atomic E-state index is 5.59. The summed E-state index contributed by atoms with van der Waals surface area (Å²) in [6, 6.07) is 8.08. The molecule has 0 saturated heterocycles. The van der Waals surface area contributed by atoms with Gasteiger partial charge >= 0.3 is 0 Å². The van der Waals surface area contributed by atoms with E-state index in [9.17, 15) is 0 Å². The second-order valence-electron chi connectivity index (χ2n) is 4.14. The lowest BCUT2D eigenvalue weighted by Gasteiger charge is -2.22. The highest BCUT2D eigenvalue weighted by Crippen LogP contribution is 2.12. The molecule has 0 heterocycles. The van der Waals surface area contributed by atoms with Crippen molar-refractivity contribution in [3.05, 3.63) is 29.8 Å². The predicted molar refractivity (Wildman–Crippen MR) is 69.2 cm³/mol. The van der Waals surface area contributed by atoms with Gasteiger partial charge in [-0.3, -0.25) is 4.90 Å². The van der Waals surface area contributed by atoms with Gasteiger partial charge in [0.2, 0.25) is 0 Å². The maximum Gasteiger partial charge on any atom is 0.118 e. The van der Waals surface area contributed by atoms with E-state index in [1.165, 1.54) is 5.56 Å². The average molecular weight is 238 g/mol. The summed E-state index contributed by atoms with van der Waals surface area (Å²) in [5.74, 6) is 0.883. The summed E-state index contributed by atoms with van der Waals surface area (Å²) in [6.07, 6.45) is 0.0956. The lowest BCUT2D eigenvalue weighted by Crippen LogP contribution is -2.35. The summed E-state index contributed by atoms with van der Waals surface area (Å²) in [7, 11) is 5.43. The number of methoxy groups -OCH3 is 2. The molecule has 0 fully saturated rings. The second kappa shape index (κ2) is 7.27. The first-order valence-electron chi connectivity index (χ1n) is 5.74. The van der Waals surface area contributed by atoms with E-state index in [0.717, 1.165) is 18.8 Å². The van der Waals surface area contributed by atoms with Crippen LogP contribution in [0.5, 0.6) is 5.75 Å². The zero-order chi connectivity index (χ0) is 12.7. The fraction of sp³-hybridized carbons (Fsp3) is 0.538. The maximum absolute atomic E-state index is 5.59. The molecule has 0 aliphatic carbocycles. The molecule has 0 radical (unpaired) electrons. The third-order valence-electron chi connectivity index (χ3n) is 2.72. The standard InChI is InChI=1S/C13H22N2O2/c1-15(10-13(8-14)17-3)9-11-4-6-12(16-2)7-5-11/h4-7,13H,8-10,14H2,1-3H3. The molecule has 0 aromatic heterocycles. The van der Waals surface area contributed by atoms with Gasteiger partial charge in [0, 0.05) is 26.7 Å². The van der Waals surface area contributed by atoms with E-state index in [1.54, 1.807) is 14.2 Å². The summed E-state index contributed by atoms with van der Waals surface area (Å²) >= 11 is 0. The van der Waals surface area contributed by atoms with Gasteiger partial charge in [0.05, 0.1) is 13.2 Å². The first kappa shape index (κ1) is 14.0. The molecule has 0 saturated carbocycles. The normalized spacial score (nSPS) is 12.8. The van der Waals surface area contributed by atoms with Crippen molar-refractivity contribution in [3.8, 4) is 5.75 Å². The number of hydrogen-bond donors (Lipinski definition) is 1. The van der Waals surface area contributed by atoms with E-state index < -0.39 is 0 Å². The lowest BCUT2D eigenvalue weighted by atomic mass is 10.2. The number of benzene rings is 1. The molecule has 96 valence electrons. The first-order valence-corrected chi connectivity index (χ1v) is 5.74. The number of nitrogens with two attached hydrogens (primary N) is 1. The Morgan fingerprint density at radius 2 is 1.88 bits per heavy atom. The summed E-state index contributed by atoms with van der Waals surface area (Å²) in [5, 5.41) is 0. The van der Waals surface area contributed by atoms with Crippen LogP contribution in [-0.4, -0.2) is 45.4 Å². The molecule has 1 rings (SSSR count). The molecular weight excluding hydrogens is 216 g/mol. The molecule has 0 bridgehead atoms. The molecule has 0 aliphatic heterocycles. The van der Waals surface area contributed by atoms with Crippen molar-refractivity contribution in [2.24, 2.45) is 5.73 Å². The van der Waals surface area contributed by atoms with Crippen molar-refractivity contribution in [1.29, 1.82) is 0 Å². The van der Waals surface area contributed by atoms with Gasteiger partial charge in [0.25, 0.3) is 0 Å². The highest BCUT2D eigenvalue weighted by molar-refractivity contribution is 5.27. The first-order chi connectivity index (χ1) is 8.19. The number of nitrogens with zero attached hydrogens (tertiary/aromatic N) is 1. The summed E-state index contributed by atoms with van der Waals surface area (Å²) < 4.78 is 10.4. The predicted octanol–water partition coefficient (Wildman–Crippen LogP) is 1.10. The van der Waals surface area contributed by atoms with E-state index in [2.05, 4.69) is 24.1 Å². The third kappa shape index (κ3) is 4.73. The van der Waals surface area contributed by atoms with Crippen molar-refractivity contribution in [3.63, 3.8) is 0 Å². The quantitative estimate of drug-likeness (QED) is 0.773.